The number of aryl methyl sites for hydroxylation is 2. The Morgan fingerprint density at radius 2 is 2.24 bits per heavy atom. The van der Waals surface area contributed by atoms with Gasteiger partial charge in [-0.2, -0.15) is 0 Å². The molecule has 1 aromatic rings. The molecule has 5 nitrogen and oxygen atoms in total. The summed E-state index contributed by atoms with van der Waals surface area (Å²) in [6.45, 7) is 6.01. The summed E-state index contributed by atoms with van der Waals surface area (Å²) < 4.78 is 10.8. The summed E-state index contributed by atoms with van der Waals surface area (Å²) in [4.78, 5) is 0. The van der Waals surface area contributed by atoms with Crippen LogP contribution in [-0.2, 0) is 4.74 Å². The number of ether oxygens (including phenoxy) is 2. The molecule has 0 bridgehead atoms. The largest absolute Gasteiger partial charge is 0.491 e. The lowest BCUT2D eigenvalue weighted by molar-refractivity contribution is 0.0226. The lowest BCUT2D eigenvalue weighted by Gasteiger charge is -2.22. The van der Waals surface area contributed by atoms with Gasteiger partial charge in [-0.1, -0.05) is 17.7 Å². The summed E-state index contributed by atoms with van der Waals surface area (Å²) >= 11 is 0. The lowest BCUT2D eigenvalue weighted by atomic mass is 10.0. The van der Waals surface area contributed by atoms with E-state index in [1.807, 2.05) is 26.0 Å². The van der Waals surface area contributed by atoms with Crippen LogP contribution in [0.25, 0.3) is 0 Å². The second-order valence-corrected chi connectivity index (χ2v) is 5.89. The van der Waals surface area contributed by atoms with Crippen LogP contribution in [0.4, 0.5) is 0 Å². The predicted molar refractivity (Wildman–Crippen MR) is 80.7 cm³/mol. The van der Waals surface area contributed by atoms with Gasteiger partial charge in [-0.15, -0.1) is 0 Å². The van der Waals surface area contributed by atoms with Crippen LogP contribution in [0.5, 0.6) is 5.75 Å². The molecular weight excluding hydrogens is 270 g/mol. The Labute approximate surface area is 125 Å². The zero-order chi connectivity index (χ0) is 15.3. The monoisotopic (exact) mass is 295 g/mol. The van der Waals surface area contributed by atoms with Crippen LogP contribution in [0.1, 0.15) is 17.5 Å². The van der Waals surface area contributed by atoms with Crippen LogP contribution < -0.4 is 10.1 Å². The number of aliphatic hydroxyl groups excluding tert-OH is 1. The van der Waals surface area contributed by atoms with Crippen molar-refractivity contribution in [3.05, 3.63) is 29.3 Å². The Morgan fingerprint density at radius 1 is 1.43 bits per heavy atom. The highest BCUT2D eigenvalue weighted by Crippen LogP contribution is 2.19. The molecule has 1 aliphatic rings. The van der Waals surface area contributed by atoms with E-state index in [1.54, 1.807) is 0 Å². The molecule has 1 saturated heterocycles. The molecule has 1 heterocycles. The number of aliphatic hydroxyl groups is 2. The van der Waals surface area contributed by atoms with Crippen LogP contribution in [0, 0.1) is 13.8 Å². The number of rotatable bonds is 7. The van der Waals surface area contributed by atoms with Crippen LogP contribution in [0.15, 0.2) is 18.2 Å². The Balaban J connectivity index is 1.68. The van der Waals surface area contributed by atoms with Gasteiger partial charge in [0.05, 0.1) is 6.61 Å². The van der Waals surface area contributed by atoms with Crippen molar-refractivity contribution in [3.8, 4) is 5.75 Å². The highest BCUT2D eigenvalue weighted by atomic mass is 16.5. The minimum Gasteiger partial charge on any atom is -0.491 e. The summed E-state index contributed by atoms with van der Waals surface area (Å²) in [5.74, 6) is 0.794. The molecule has 2 unspecified atom stereocenters. The fraction of sp³-hybridized carbons (Fsp3) is 0.625. The van der Waals surface area contributed by atoms with E-state index in [0.717, 1.165) is 11.3 Å². The molecule has 0 radical (unpaired) electrons. The molecule has 0 spiro atoms. The van der Waals surface area contributed by atoms with E-state index >= 15 is 0 Å². The fourth-order valence-electron chi connectivity index (χ4n) is 2.41. The van der Waals surface area contributed by atoms with Crippen molar-refractivity contribution >= 4 is 0 Å². The number of hydrogen-bond acceptors (Lipinski definition) is 5. The van der Waals surface area contributed by atoms with Crippen LogP contribution in [-0.4, -0.2) is 54.8 Å². The Kier molecular flexibility index (Phi) is 5.58. The van der Waals surface area contributed by atoms with Crippen molar-refractivity contribution in [2.75, 3.05) is 32.9 Å². The van der Waals surface area contributed by atoms with E-state index in [4.69, 9.17) is 9.47 Å². The quantitative estimate of drug-likeness (QED) is 0.693. The molecule has 1 aromatic carbocycles. The van der Waals surface area contributed by atoms with Crippen molar-refractivity contribution in [2.24, 2.45) is 0 Å². The second-order valence-electron chi connectivity index (χ2n) is 5.89. The van der Waals surface area contributed by atoms with Crippen LogP contribution in [0.3, 0.4) is 0 Å². The molecule has 1 fully saturated rings. The fourth-order valence-corrected chi connectivity index (χ4v) is 2.41. The molecule has 0 saturated carbocycles. The highest BCUT2D eigenvalue weighted by Gasteiger charge is 2.31. The van der Waals surface area contributed by atoms with Crippen molar-refractivity contribution < 1.29 is 19.7 Å². The first-order chi connectivity index (χ1) is 9.98. The summed E-state index contributed by atoms with van der Waals surface area (Å²) in [7, 11) is 0. The van der Waals surface area contributed by atoms with Crippen LogP contribution in [0.2, 0.25) is 0 Å². The first-order valence-electron chi connectivity index (χ1n) is 7.37. The van der Waals surface area contributed by atoms with Gasteiger partial charge in [0.1, 0.15) is 24.1 Å². The van der Waals surface area contributed by atoms with Crippen molar-refractivity contribution in [1.29, 1.82) is 0 Å². The van der Waals surface area contributed by atoms with Crippen LogP contribution >= 0.6 is 0 Å². The van der Waals surface area contributed by atoms with Gasteiger partial charge >= 0.3 is 0 Å². The van der Waals surface area contributed by atoms with E-state index in [2.05, 4.69) is 11.4 Å². The second kappa shape index (κ2) is 7.22. The molecule has 21 heavy (non-hydrogen) atoms. The summed E-state index contributed by atoms with van der Waals surface area (Å²) in [6.07, 6.45) is 0.0198. The minimum atomic E-state index is -0.797. The van der Waals surface area contributed by atoms with Gasteiger partial charge in [0.2, 0.25) is 0 Å². The standard InChI is InChI=1S/C16H25NO4/c1-12-3-4-15(13(2)7-12)21-9-14(18)8-17-10-16(19)5-6-20-11-16/h3-4,7,14,17-19H,5-6,8-11H2,1-2H3. The van der Waals surface area contributed by atoms with Gasteiger partial charge < -0.3 is 25.0 Å². The minimum absolute atomic E-state index is 0.228. The molecule has 3 N–H and O–H groups in total. The van der Waals surface area contributed by atoms with Crippen molar-refractivity contribution in [2.45, 2.75) is 32.0 Å². The average Bonchev–Trinajstić information content (AvgIpc) is 2.85. The van der Waals surface area contributed by atoms with E-state index in [1.165, 1.54) is 5.56 Å². The van der Waals surface area contributed by atoms with E-state index < -0.39 is 11.7 Å². The Morgan fingerprint density at radius 3 is 2.90 bits per heavy atom. The van der Waals surface area contributed by atoms with Gasteiger partial charge in [-0.25, -0.2) is 0 Å². The molecule has 118 valence electrons. The zero-order valence-corrected chi connectivity index (χ0v) is 12.8. The zero-order valence-electron chi connectivity index (χ0n) is 12.8. The molecule has 1 aliphatic heterocycles. The number of benzene rings is 1. The number of hydrogen-bond donors (Lipinski definition) is 3. The van der Waals surface area contributed by atoms with Crippen molar-refractivity contribution in [1.82, 2.24) is 5.32 Å². The van der Waals surface area contributed by atoms with E-state index in [0.29, 0.717) is 32.7 Å². The molecule has 0 aromatic heterocycles. The van der Waals surface area contributed by atoms with E-state index in [9.17, 15) is 10.2 Å². The molecule has 2 rings (SSSR count). The summed E-state index contributed by atoms with van der Waals surface area (Å²) in [5.41, 5.74) is 1.45. The Bertz CT molecular complexity index is 458. The normalized spacial score (nSPS) is 23.2. The molecule has 0 aliphatic carbocycles. The smallest absolute Gasteiger partial charge is 0.122 e. The SMILES string of the molecule is Cc1ccc(OCC(O)CNCC2(O)CCOC2)c(C)c1. The maximum Gasteiger partial charge on any atom is 0.122 e. The molecular formula is C16H25NO4. The lowest BCUT2D eigenvalue weighted by Crippen LogP contribution is -2.44. The highest BCUT2D eigenvalue weighted by molar-refractivity contribution is 5.35. The maximum atomic E-state index is 10.1. The third-order valence-corrected chi connectivity index (χ3v) is 3.68. The van der Waals surface area contributed by atoms with Gasteiger partial charge in [-0.05, 0) is 25.5 Å². The third kappa shape index (κ3) is 4.97. The molecule has 5 heteroatoms. The van der Waals surface area contributed by atoms with Gasteiger partial charge in [0, 0.05) is 26.1 Å². The first-order valence-corrected chi connectivity index (χ1v) is 7.37. The number of nitrogens with one attached hydrogen (secondary N) is 1. The summed E-state index contributed by atoms with van der Waals surface area (Å²) in [5, 5.41) is 23.1. The predicted octanol–water partition coefficient (Wildman–Crippen LogP) is 0.784. The molecule has 2 atom stereocenters. The van der Waals surface area contributed by atoms with Gasteiger partial charge in [0.15, 0.2) is 0 Å². The topological polar surface area (TPSA) is 71.0 Å². The summed E-state index contributed by atoms with van der Waals surface area (Å²) in [6, 6.07) is 5.96. The van der Waals surface area contributed by atoms with Crippen molar-refractivity contribution in [3.63, 3.8) is 0 Å². The maximum absolute atomic E-state index is 10.1. The Hall–Kier alpha value is -1.14. The third-order valence-electron chi connectivity index (χ3n) is 3.68. The van der Waals surface area contributed by atoms with Gasteiger partial charge in [-0.3, -0.25) is 0 Å². The van der Waals surface area contributed by atoms with Gasteiger partial charge in [0.25, 0.3) is 0 Å². The van der Waals surface area contributed by atoms with E-state index in [-0.39, 0.29) is 6.61 Å². The first kappa shape index (κ1) is 16.2. The molecule has 0 amide bonds. The average molecular weight is 295 g/mol.